The van der Waals surface area contributed by atoms with E-state index in [2.05, 4.69) is 0 Å². The first-order valence-electron chi connectivity index (χ1n) is 21.4. The summed E-state index contributed by atoms with van der Waals surface area (Å²) in [5, 5.41) is 1.09. The molecule has 11 rings (SSSR count). The van der Waals surface area contributed by atoms with E-state index in [1.807, 2.05) is 0 Å². The zero-order chi connectivity index (χ0) is 41.5. The maximum Gasteiger partial charge on any atom is 0.261 e. The van der Waals surface area contributed by atoms with Gasteiger partial charge in [-0.25, -0.2) is 0 Å². The van der Waals surface area contributed by atoms with Crippen LogP contribution in [0, 0.1) is 11.8 Å². The summed E-state index contributed by atoms with van der Waals surface area (Å²) in [7, 11) is 0. The highest BCUT2D eigenvalue weighted by Crippen LogP contribution is 2.46. The number of benzene rings is 4. The predicted molar refractivity (Wildman–Crippen MR) is 218 cm³/mol. The van der Waals surface area contributed by atoms with Gasteiger partial charge in [0.1, 0.15) is 0 Å². The van der Waals surface area contributed by atoms with Crippen molar-refractivity contribution in [2.24, 2.45) is 23.3 Å². The number of ketones is 2. The molecule has 0 bridgehead atoms. The van der Waals surface area contributed by atoms with Gasteiger partial charge < -0.3 is 11.5 Å². The molecule has 4 aliphatic carbocycles. The van der Waals surface area contributed by atoms with Crippen LogP contribution in [0.1, 0.15) is 160 Å². The van der Waals surface area contributed by atoms with Crippen LogP contribution in [-0.2, 0) is 0 Å². The summed E-state index contributed by atoms with van der Waals surface area (Å²) in [6.45, 7) is 0. The monoisotopic (exact) mass is 805 g/mol. The summed E-state index contributed by atoms with van der Waals surface area (Å²) in [4.78, 5) is 119. The number of nitrogens with two attached hydrogens (primary N) is 2. The van der Waals surface area contributed by atoms with Crippen LogP contribution in [-0.4, -0.2) is 91.9 Å². The van der Waals surface area contributed by atoms with Crippen molar-refractivity contribution in [2.75, 3.05) is 0 Å². The molecule has 7 aliphatic rings. The summed E-state index contributed by atoms with van der Waals surface area (Å²) in [5.74, 6) is -5.42. The molecular formula is C47H43N5O8. The second-order valence-electron chi connectivity index (χ2n) is 17.8. The Kier molecular flexibility index (Phi) is 8.22. The van der Waals surface area contributed by atoms with Crippen molar-refractivity contribution in [2.45, 2.75) is 107 Å². The smallest absolute Gasteiger partial charge is 0.261 e. The number of carbonyl (C=O) groups excluding carboxylic acids is 8. The fourth-order valence-electron chi connectivity index (χ4n) is 12.0. The van der Waals surface area contributed by atoms with Gasteiger partial charge in [-0.15, -0.1) is 0 Å². The lowest BCUT2D eigenvalue weighted by molar-refractivity contribution is 0.0241. The highest BCUT2D eigenvalue weighted by molar-refractivity contribution is 6.36. The van der Waals surface area contributed by atoms with Gasteiger partial charge in [0.15, 0.2) is 11.6 Å². The van der Waals surface area contributed by atoms with Crippen LogP contribution in [0.5, 0.6) is 0 Å². The third-order valence-corrected chi connectivity index (χ3v) is 14.9. The zero-order valence-electron chi connectivity index (χ0n) is 32.9. The SMILES string of the molecule is N[C@H]1CCCCC1C1C(=O)c2ccc3c4c(ccc(c24)C1=O)C(=O)N([C@H]1CCCC[C@@H]1N1C(=O)c2ccc4c5c(ccc(c25)C1=O)C(=O)N([C@H]1CCCC[C@@H]1N)C4=O)C3=O. The second-order valence-corrected chi connectivity index (χ2v) is 17.8. The standard InChI is InChI=1S/C47H43N5O8/c48-30-8-2-1-7-21(30)39-40(53)22-13-15-24-36-25(16-14-23(35(22)36)41(39)54)45(58)51(44(24)57)33-11-5-6-12-34(33)52-46(59)28-19-17-26-37-27(18-20-29(38(28)37)47(52)60)43(56)50(42(26)55)32-10-4-3-9-31(32)49/h13-21,30-34,39H,1-12,48-49H2/t21?,30-,31-,32-,33-,34-/m0/s1. The molecule has 3 saturated carbocycles. The third-order valence-electron chi connectivity index (χ3n) is 14.9. The summed E-state index contributed by atoms with van der Waals surface area (Å²) >= 11 is 0. The van der Waals surface area contributed by atoms with Crippen LogP contribution in [0.4, 0.5) is 0 Å². The highest BCUT2D eigenvalue weighted by atomic mass is 16.2. The maximum absolute atomic E-state index is 14.7. The molecule has 6 amide bonds. The van der Waals surface area contributed by atoms with E-state index < -0.39 is 59.5 Å². The number of hydrogen-bond acceptors (Lipinski definition) is 10. The van der Waals surface area contributed by atoms with Crippen molar-refractivity contribution in [3.05, 3.63) is 93.0 Å². The molecule has 1 unspecified atom stereocenters. The Hall–Kier alpha value is -5.92. The van der Waals surface area contributed by atoms with Crippen LogP contribution < -0.4 is 11.5 Å². The summed E-state index contributed by atoms with van der Waals surface area (Å²) in [6.07, 6.45) is 8.21. The molecule has 6 atom stereocenters. The van der Waals surface area contributed by atoms with Gasteiger partial charge in [-0.3, -0.25) is 53.1 Å². The first kappa shape index (κ1) is 37.1. The van der Waals surface area contributed by atoms with Crippen molar-refractivity contribution in [1.82, 2.24) is 14.7 Å². The molecule has 4 N–H and O–H groups in total. The van der Waals surface area contributed by atoms with Crippen molar-refractivity contribution in [1.29, 1.82) is 0 Å². The van der Waals surface area contributed by atoms with Crippen LogP contribution in [0.3, 0.4) is 0 Å². The number of nitrogens with zero attached hydrogens (tertiary/aromatic N) is 3. The van der Waals surface area contributed by atoms with Gasteiger partial charge in [0.05, 0.1) is 24.0 Å². The second kappa shape index (κ2) is 13.3. The number of imide groups is 3. The minimum absolute atomic E-state index is 0.153. The van der Waals surface area contributed by atoms with E-state index in [-0.39, 0.29) is 79.1 Å². The third kappa shape index (κ3) is 4.87. The summed E-state index contributed by atoms with van der Waals surface area (Å²) in [6, 6.07) is 9.54. The van der Waals surface area contributed by atoms with Crippen molar-refractivity contribution < 1.29 is 38.4 Å². The Morgan fingerprint density at radius 2 is 0.633 bits per heavy atom. The number of rotatable bonds is 4. The molecule has 13 heteroatoms. The Bertz CT molecular complexity index is 2410. The number of hydrogen-bond donors (Lipinski definition) is 2. The van der Waals surface area contributed by atoms with Crippen molar-refractivity contribution >= 4 is 68.6 Å². The largest absolute Gasteiger partial charge is 0.327 e. The van der Waals surface area contributed by atoms with E-state index in [4.69, 9.17) is 11.5 Å². The number of amides is 6. The highest BCUT2D eigenvalue weighted by Gasteiger charge is 2.51. The fourth-order valence-corrected chi connectivity index (χ4v) is 12.0. The van der Waals surface area contributed by atoms with Crippen LogP contribution in [0.2, 0.25) is 0 Å². The summed E-state index contributed by atoms with van der Waals surface area (Å²) in [5.41, 5.74) is 14.6. The van der Waals surface area contributed by atoms with Gasteiger partial charge in [-0.1, -0.05) is 38.5 Å². The molecule has 3 heterocycles. The van der Waals surface area contributed by atoms with Crippen LogP contribution >= 0.6 is 0 Å². The summed E-state index contributed by atoms with van der Waals surface area (Å²) < 4.78 is 0. The average Bonchev–Trinajstić information content (AvgIpc) is 3.25. The number of carbonyl (C=O) groups is 8. The van der Waals surface area contributed by atoms with E-state index in [0.29, 0.717) is 61.5 Å². The Morgan fingerprint density at radius 1 is 0.350 bits per heavy atom. The molecule has 304 valence electrons. The van der Waals surface area contributed by atoms with Gasteiger partial charge in [-0.2, -0.15) is 0 Å². The van der Waals surface area contributed by atoms with Gasteiger partial charge in [0, 0.05) is 78.1 Å². The van der Waals surface area contributed by atoms with Crippen molar-refractivity contribution in [3.8, 4) is 0 Å². The lowest BCUT2D eigenvalue weighted by atomic mass is 9.67. The molecule has 13 nitrogen and oxygen atoms in total. The zero-order valence-corrected chi connectivity index (χ0v) is 32.9. The first-order chi connectivity index (χ1) is 29.0. The van der Waals surface area contributed by atoms with E-state index in [1.54, 1.807) is 36.4 Å². The maximum atomic E-state index is 14.7. The van der Waals surface area contributed by atoms with Gasteiger partial charge in [-0.05, 0) is 93.0 Å². The van der Waals surface area contributed by atoms with E-state index in [1.165, 1.54) is 17.0 Å². The molecule has 0 radical (unpaired) electrons. The van der Waals surface area contributed by atoms with Gasteiger partial charge in [0.25, 0.3) is 35.4 Å². The Morgan fingerprint density at radius 3 is 1.00 bits per heavy atom. The first-order valence-corrected chi connectivity index (χ1v) is 21.4. The lowest BCUT2D eigenvalue weighted by Crippen LogP contribution is -2.61. The van der Waals surface area contributed by atoms with Crippen molar-refractivity contribution in [3.63, 3.8) is 0 Å². The van der Waals surface area contributed by atoms with Crippen LogP contribution in [0.25, 0.3) is 21.5 Å². The fraction of sp³-hybridized carbons (Fsp3) is 0.404. The van der Waals surface area contributed by atoms with Crippen LogP contribution in [0.15, 0.2) is 48.5 Å². The molecule has 0 spiro atoms. The lowest BCUT2D eigenvalue weighted by Gasteiger charge is -2.45. The topological polar surface area (TPSA) is 198 Å². The number of Topliss-reactive ketones (excluding diaryl/α,β-unsaturated/α-hetero) is 2. The Labute approximate surface area is 344 Å². The van der Waals surface area contributed by atoms with E-state index in [0.717, 1.165) is 41.9 Å². The predicted octanol–water partition coefficient (Wildman–Crippen LogP) is 5.58. The van der Waals surface area contributed by atoms with E-state index >= 15 is 0 Å². The van der Waals surface area contributed by atoms with Gasteiger partial charge in [0.2, 0.25) is 0 Å². The molecule has 4 aromatic rings. The van der Waals surface area contributed by atoms with Gasteiger partial charge >= 0.3 is 0 Å². The Balaban J connectivity index is 0.949. The minimum Gasteiger partial charge on any atom is -0.327 e. The average molecular weight is 806 g/mol. The molecule has 3 fully saturated rings. The molecule has 3 aliphatic heterocycles. The molecule has 0 aromatic heterocycles. The quantitative estimate of drug-likeness (QED) is 0.194. The molecule has 60 heavy (non-hydrogen) atoms. The molecule has 4 aromatic carbocycles. The molecular weight excluding hydrogens is 763 g/mol. The molecule has 0 saturated heterocycles. The van der Waals surface area contributed by atoms with E-state index in [9.17, 15) is 38.4 Å². The minimum atomic E-state index is -0.922. The normalized spacial score (nSPS) is 28.1.